The molecule has 3 aliphatic carbocycles. The first-order valence-electron chi connectivity index (χ1n) is 40.7. The van der Waals surface area contributed by atoms with E-state index in [1.165, 1.54) is 44.5 Å². The molecule has 2 aromatic heterocycles. The van der Waals surface area contributed by atoms with E-state index in [1.54, 1.807) is 0 Å². The Morgan fingerprint density at radius 3 is 1.00 bits per heavy atom. The van der Waals surface area contributed by atoms with E-state index >= 15 is 0 Å². The second-order valence-electron chi connectivity index (χ2n) is 31.5. The lowest BCUT2D eigenvalue weighted by Crippen LogP contribution is -2.35. The summed E-state index contributed by atoms with van der Waals surface area (Å²) in [6, 6.07) is 138. The van der Waals surface area contributed by atoms with Gasteiger partial charge in [0.25, 0.3) is 0 Å². The summed E-state index contributed by atoms with van der Waals surface area (Å²) in [7, 11) is 0. The van der Waals surface area contributed by atoms with Crippen LogP contribution in [0.4, 0.5) is 0 Å². The van der Waals surface area contributed by atoms with Crippen LogP contribution in [0.2, 0.25) is 0 Å². The van der Waals surface area contributed by atoms with Crippen LogP contribution in [0.1, 0.15) is 57.9 Å². The summed E-state index contributed by atoms with van der Waals surface area (Å²) in [5.74, 6) is 7.28. The molecule has 119 heavy (non-hydrogen) atoms. The number of benzene rings is 16. The first-order chi connectivity index (χ1) is 58.8. The van der Waals surface area contributed by atoms with Crippen LogP contribution in [0.25, 0.3) is 152 Å². The van der Waals surface area contributed by atoms with Gasteiger partial charge in [0, 0.05) is 55.6 Å². The molecule has 0 saturated carbocycles. The van der Waals surface area contributed by atoms with Crippen LogP contribution < -0.4 is 9.47 Å². The predicted molar refractivity (Wildman–Crippen MR) is 479 cm³/mol. The molecule has 18 aromatic rings. The van der Waals surface area contributed by atoms with Gasteiger partial charge in [-0.3, -0.25) is 0 Å². The fraction of sp³-hybridized carbons (Fsp3) is 0.0450. The lowest BCUT2D eigenvalue weighted by Gasteiger charge is -2.43. The topological polar surface area (TPSA) is 95.8 Å². The summed E-state index contributed by atoms with van der Waals surface area (Å²) < 4.78 is 14.1. The number of hydrogen-bond acceptors (Lipinski definition) is 8. The summed E-state index contributed by atoms with van der Waals surface area (Å²) >= 11 is 0. The van der Waals surface area contributed by atoms with Crippen molar-refractivity contribution in [1.29, 1.82) is 0 Å². The van der Waals surface area contributed by atoms with Gasteiger partial charge in [0.1, 0.15) is 23.0 Å². The Morgan fingerprint density at radius 1 is 0.218 bits per heavy atom. The van der Waals surface area contributed by atoms with Crippen molar-refractivity contribution in [2.45, 2.75) is 24.2 Å². The number of para-hydroxylation sites is 1. The molecule has 4 heterocycles. The van der Waals surface area contributed by atoms with Crippen molar-refractivity contribution in [3.8, 4) is 169 Å². The van der Waals surface area contributed by atoms with Gasteiger partial charge < -0.3 is 9.47 Å². The minimum absolute atomic E-state index is 0.256. The Balaban J connectivity index is 0.553. The van der Waals surface area contributed by atoms with Crippen molar-refractivity contribution in [3.05, 3.63) is 450 Å². The molecule has 2 unspecified atom stereocenters. The van der Waals surface area contributed by atoms with Crippen LogP contribution in [0, 0.1) is 5.92 Å². The van der Waals surface area contributed by atoms with E-state index < -0.39 is 10.8 Å². The molecule has 0 fully saturated rings. The summed E-state index contributed by atoms with van der Waals surface area (Å²) in [5.41, 5.74) is 32.1. The van der Waals surface area contributed by atoms with Crippen LogP contribution in [0.15, 0.2) is 406 Å². The van der Waals surface area contributed by atoms with Gasteiger partial charge in [-0.1, -0.05) is 365 Å². The minimum Gasteiger partial charge on any atom is -0.457 e. The molecule has 23 rings (SSSR count). The molecule has 8 nitrogen and oxygen atoms in total. The molecule has 0 radical (unpaired) electrons. The number of nitrogens with zero attached hydrogens (tertiary/aromatic N) is 6. The van der Waals surface area contributed by atoms with Crippen LogP contribution in [0.3, 0.4) is 0 Å². The van der Waals surface area contributed by atoms with Crippen LogP contribution >= 0.6 is 0 Å². The molecule has 0 saturated heterocycles. The normalized spacial score (nSPS) is 15.2. The van der Waals surface area contributed by atoms with Gasteiger partial charge in [-0.2, -0.15) is 0 Å². The zero-order chi connectivity index (χ0) is 78.7. The number of allylic oxidation sites excluding steroid dienone is 4. The van der Waals surface area contributed by atoms with Crippen LogP contribution in [-0.4, -0.2) is 29.9 Å². The Morgan fingerprint density at radius 2 is 0.513 bits per heavy atom. The number of ether oxygens (including phenoxy) is 2. The molecule has 0 N–H and O–H groups in total. The second-order valence-corrected chi connectivity index (χ2v) is 31.5. The van der Waals surface area contributed by atoms with Crippen molar-refractivity contribution in [2.24, 2.45) is 5.92 Å². The molecule has 558 valence electrons. The standard InChI is InChI=1S/C111H72N6O2/c1-69-21-19-33-91-90-32-13-16-36-94(90)111(103(69)91)96-62-59-86(68-102(96)119-101-64-61-85(67-98(101)111)76-49-57-82(58-50-76)108-112-104(78-26-9-4-10-27-78)116-109(117-108)87-29-20-28-83(65-87)71-24-7-3-8-25-71)77-41-39-73(40-42-77)74-45-53-80(54-46-74)106-113-105(79-51-43-72(44-52-79)70-22-5-2-6-23-70)114-107(115-106)81-55-47-75(48-56-81)84-60-63-100-97(66-84)110(95-37-17-18-38-99(95)118-100)92-34-14-11-30-88(92)89-31-12-15-35-93(89)110/h2-20,22-69H,21H2,1H3. The third-order valence-corrected chi connectivity index (χ3v) is 24.8. The molecule has 0 amide bonds. The average Bonchev–Trinajstić information content (AvgIpc) is 1.55. The van der Waals surface area contributed by atoms with Crippen LogP contribution in [-0.2, 0) is 10.8 Å². The monoisotopic (exact) mass is 1520 g/mol. The summed E-state index contributed by atoms with van der Waals surface area (Å²) in [5, 5.41) is 0. The third kappa shape index (κ3) is 11.4. The SMILES string of the molecule is CC1CC=CC2=C1C1(c3ccc(-c4ccc(-c5ccc(-c6nc(-c7ccc(-c8ccccc8)cc7)nc(-c7ccc(-c8ccc9c(c8)C8(c%10ccccc%10O9)c9ccccc9-c9ccccc98)cc7)n6)cc5)cc4)cc3Oc3ccc(-c4ccc(-c5nc(-c6ccccc6)nc(-c6cccc(-c7ccccc7)c6)n5)cc4)cc31)c1ccccc12. The Hall–Kier alpha value is -15.4. The minimum atomic E-state index is -0.627. The fourth-order valence-corrected chi connectivity index (χ4v) is 19.2. The summed E-state index contributed by atoms with van der Waals surface area (Å²) in [6.45, 7) is 2.39. The Bertz CT molecular complexity index is 7120. The number of rotatable bonds is 12. The molecular formula is C111H72N6O2. The maximum absolute atomic E-state index is 7.27. The molecule has 2 aliphatic heterocycles. The van der Waals surface area contributed by atoms with E-state index in [0.717, 1.165) is 152 Å². The highest BCUT2D eigenvalue weighted by atomic mass is 16.5. The molecule has 0 bridgehead atoms. The molecule has 5 aliphatic rings. The largest absolute Gasteiger partial charge is 0.457 e. The zero-order valence-electron chi connectivity index (χ0n) is 64.9. The van der Waals surface area contributed by atoms with Crippen molar-refractivity contribution < 1.29 is 9.47 Å². The maximum atomic E-state index is 7.27. The van der Waals surface area contributed by atoms with Gasteiger partial charge in [-0.25, -0.2) is 29.9 Å². The second kappa shape index (κ2) is 28.0. The first kappa shape index (κ1) is 69.1. The highest BCUT2D eigenvalue weighted by Gasteiger charge is 2.55. The number of hydrogen-bond donors (Lipinski definition) is 0. The number of aromatic nitrogens is 6. The molecule has 16 aromatic carbocycles. The molecule has 2 atom stereocenters. The Labute approximate surface area is 690 Å². The van der Waals surface area contributed by atoms with Crippen molar-refractivity contribution in [1.82, 2.24) is 29.9 Å². The van der Waals surface area contributed by atoms with Gasteiger partial charge in [0.05, 0.1) is 10.8 Å². The van der Waals surface area contributed by atoms with Gasteiger partial charge in [-0.05, 0) is 166 Å². The fourth-order valence-electron chi connectivity index (χ4n) is 19.2. The van der Waals surface area contributed by atoms with Gasteiger partial charge in [0.2, 0.25) is 0 Å². The highest BCUT2D eigenvalue weighted by molar-refractivity contribution is 5.95. The Kier molecular flexibility index (Phi) is 16.3. The van der Waals surface area contributed by atoms with E-state index in [1.807, 2.05) is 30.3 Å². The van der Waals surface area contributed by atoms with Gasteiger partial charge in [-0.15, -0.1) is 0 Å². The van der Waals surface area contributed by atoms with E-state index in [2.05, 4.69) is 377 Å². The zero-order valence-corrected chi connectivity index (χ0v) is 64.9. The van der Waals surface area contributed by atoms with Gasteiger partial charge in [0.15, 0.2) is 34.9 Å². The summed E-state index contributed by atoms with van der Waals surface area (Å²) in [4.78, 5) is 31.1. The van der Waals surface area contributed by atoms with E-state index in [-0.39, 0.29) is 5.92 Å². The van der Waals surface area contributed by atoms with Crippen molar-refractivity contribution in [2.75, 3.05) is 0 Å². The first-order valence-corrected chi connectivity index (χ1v) is 40.7. The quantitative estimate of drug-likeness (QED) is 0.119. The molecule has 2 spiro atoms. The smallest absolute Gasteiger partial charge is 0.164 e. The lowest BCUT2D eigenvalue weighted by atomic mass is 9.61. The molecule has 8 heteroatoms. The third-order valence-electron chi connectivity index (χ3n) is 24.8. The predicted octanol–water partition coefficient (Wildman–Crippen LogP) is 27.3. The van der Waals surface area contributed by atoms with Crippen LogP contribution in [0.5, 0.6) is 23.0 Å². The maximum Gasteiger partial charge on any atom is 0.164 e. The average molecular weight is 1520 g/mol. The van der Waals surface area contributed by atoms with E-state index in [4.69, 9.17) is 39.4 Å². The summed E-state index contributed by atoms with van der Waals surface area (Å²) in [6.07, 6.45) is 5.65. The molecular weight excluding hydrogens is 1450 g/mol. The number of fused-ring (bicyclic) bond motifs is 17. The van der Waals surface area contributed by atoms with Gasteiger partial charge >= 0.3 is 0 Å². The van der Waals surface area contributed by atoms with Crippen molar-refractivity contribution in [3.63, 3.8) is 0 Å². The lowest BCUT2D eigenvalue weighted by molar-refractivity contribution is 0.425. The van der Waals surface area contributed by atoms with Crippen molar-refractivity contribution >= 4 is 5.57 Å². The highest BCUT2D eigenvalue weighted by Crippen LogP contribution is 2.66. The van der Waals surface area contributed by atoms with E-state index in [0.29, 0.717) is 34.9 Å². The van der Waals surface area contributed by atoms with E-state index in [9.17, 15) is 0 Å².